The average Bonchev–Trinajstić information content (AvgIpc) is 2.92. The first-order chi connectivity index (χ1) is 14.5. The van der Waals surface area contributed by atoms with Crippen LogP contribution in [0.15, 0.2) is 18.6 Å². The van der Waals surface area contributed by atoms with E-state index in [9.17, 15) is 9.18 Å². The van der Waals surface area contributed by atoms with Crippen LogP contribution >= 0.6 is 0 Å². The summed E-state index contributed by atoms with van der Waals surface area (Å²) in [6.45, 7) is 11.0. The Morgan fingerprint density at radius 1 is 1.16 bits per heavy atom. The molecule has 8 nitrogen and oxygen atoms in total. The summed E-state index contributed by atoms with van der Waals surface area (Å²) in [5.74, 6) is 0.970. The lowest BCUT2D eigenvalue weighted by atomic mass is 9.71. The first kappa shape index (κ1) is 20.2. The SMILES string of the molecule is Cc1cnc(Nc2cnn(C)c2)nc1N1C[C@]2(C)CN(C(=O)[C@@H]3CC3(C)F)C[C@]2(C)C1. The zero-order valence-electron chi connectivity index (χ0n) is 18.8. The number of rotatable bonds is 4. The molecule has 0 aromatic carbocycles. The molecule has 2 saturated heterocycles. The minimum atomic E-state index is -1.32. The number of carbonyl (C=O) groups excluding carboxylic acids is 1. The largest absolute Gasteiger partial charge is 0.355 e. The van der Waals surface area contributed by atoms with Gasteiger partial charge in [-0.2, -0.15) is 10.1 Å². The molecule has 5 rings (SSSR count). The molecule has 3 aliphatic rings. The lowest BCUT2D eigenvalue weighted by Crippen LogP contribution is -2.37. The summed E-state index contributed by atoms with van der Waals surface area (Å²) in [7, 11) is 1.86. The molecule has 1 amide bonds. The zero-order valence-corrected chi connectivity index (χ0v) is 18.8. The van der Waals surface area contributed by atoms with Gasteiger partial charge in [-0.25, -0.2) is 9.37 Å². The molecule has 1 aliphatic carbocycles. The van der Waals surface area contributed by atoms with E-state index in [4.69, 9.17) is 4.98 Å². The number of nitrogens with zero attached hydrogens (tertiary/aromatic N) is 6. The van der Waals surface area contributed by atoms with E-state index >= 15 is 0 Å². The maximum atomic E-state index is 14.1. The number of hydrogen-bond donors (Lipinski definition) is 1. The summed E-state index contributed by atoms with van der Waals surface area (Å²) < 4.78 is 15.8. The van der Waals surface area contributed by atoms with Gasteiger partial charge in [0.05, 0.1) is 17.8 Å². The number of likely N-dealkylation sites (tertiary alicyclic amines) is 1. The van der Waals surface area contributed by atoms with E-state index in [-0.39, 0.29) is 16.7 Å². The summed E-state index contributed by atoms with van der Waals surface area (Å²) in [4.78, 5) is 26.2. The molecule has 0 spiro atoms. The Bertz CT molecular complexity index is 1030. The van der Waals surface area contributed by atoms with Crippen LogP contribution in [-0.2, 0) is 11.8 Å². The third-order valence-electron chi connectivity index (χ3n) is 7.60. The van der Waals surface area contributed by atoms with Crippen molar-refractivity contribution in [1.29, 1.82) is 0 Å². The third-order valence-corrected chi connectivity index (χ3v) is 7.60. The molecule has 2 aromatic rings. The van der Waals surface area contributed by atoms with E-state index in [0.717, 1.165) is 30.2 Å². The molecule has 1 saturated carbocycles. The third kappa shape index (κ3) is 3.25. The second kappa shape index (κ2) is 6.40. The molecule has 2 aromatic heterocycles. The number of hydrogen-bond acceptors (Lipinski definition) is 6. The summed E-state index contributed by atoms with van der Waals surface area (Å²) in [5.41, 5.74) is 0.391. The van der Waals surface area contributed by atoms with Gasteiger partial charge in [-0.3, -0.25) is 9.48 Å². The highest BCUT2D eigenvalue weighted by molar-refractivity contribution is 5.84. The number of anilines is 3. The second-order valence-electron chi connectivity index (χ2n) is 10.4. The van der Waals surface area contributed by atoms with Gasteiger partial charge in [-0.15, -0.1) is 0 Å². The predicted octanol–water partition coefficient (Wildman–Crippen LogP) is 2.69. The fourth-order valence-electron chi connectivity index (χ4n) is 5.30. The van der Waals surface area contributed by atoms with Crippen LogP contribution in [0.1, 0.15) is 32.8 Å². The van der Waals surface area contributed by atoms with Gasteiger partial charge in [-0.1, -0.05) is 13.8 Å². The van der Waals surface area contributed by atoms with Gasteiger partial charge in [0.1, 0.15) is 11.5 Å². The zero-order chi connectivity index (χ0) is 22.2. The first-order valence-electron chi connectivity index (χ1n) is 10.8. The Morgan fingerprint density at radius 2 is 1.81 bits per heavy atom. The number of fused-ring (bicyclic) bond motifs is 1. The predicted molar refractivity (Wildman–Crippen MR) is 116 cm³/mol. The molecular weight excluding hydrogens is 397 g/mol. The van der Waals surface area contributed by atoms with Crippen LogP contribution in [0.3, 0.4) is 0 Å². The topological polar surface area (TPSA) is 79.2 Å². The molecule has 0 bridgehead atoms. The second-order valence-corrected chi connectivity index (χ2v) is 10.4. The Balaban J connectivity index is 1.34. The van der Waals surface area contributed by atoms with Gasteiger partial charge in [0.2, 0.25) is 11.9 Å². The highest BCUT2D eigenvalue weighted by atomic mass is 19.1. The minimum Gasteiger partial charge on any atom is -0.355 e. The van der Waals surface area contributed by atoms with Gasteiger partial charge in [0, 0.05) is 62.0 Å². The number of halogens is 1. The van der Waals surface area contributed by atoms with E-state index in [2.05, 4.69) is 34.1 Å². The number of nitrogens with one attached hydrogen (secondary N) is 1. The average molecular weight is 428 g/mol. The van der Waals surface area contributed by atoms with Crippen LogP contribution < -0.4 is 10.2 Å². The number of alkyl halides is 1. The molecule has 0 radical (unpaired) electrons. The molecule has 4 heterocycles. The van der Waals surface area contributed by atoms with Crippen LogP contribution in [0.5, 0.6) is 0 Å². The molecule has 31 heavy (non-hydrogen) atoms. The Morgan fingerprint density at radius 3 is 2.35 bits per heavy atom. The molecule has 4 atom stereocenters. The van der Waals surface area contributed by atoms with Crippen LogP contribution in [0.2, 0.25) is 0 Å². The van der Waals surface area contributed by atoms with E-state index in [1.807, 2.05) is 31.3 Å². The maximum absolute atomic E-state index is 14.1. The summed E-state index contributed by atoms with van der Waals surface area (Å²) in [6.07, 6.45) is 5.80. The van der Waals surface area contributed by atoms with Crippen molar-refractivity contribution in [2.45, 2.75) is 39.8 Å². The monoisotopic (exact) mass is 427 g/mol. The van der Waals surface area contributed by atoms with E-state index in [1.165, 1.54) is 6.92 Å². The molecule has 1 N–H and O–H groups in total. The summed E-state index contributed by atoms with van der Waals surface area (Å²) >= 11 is 0. The number of aryl methyl sites for hydroxylation is 2. The molecule has 9 heteroatoms. The first-order valence-corrected chi connectivity index (χ1v) is 10.8. The van der Waals surface area contributed by atoms with Gasteiger partial charge in [0.15, 0.2) is 0 Å². The van der Waals surface area contributed by atoms with Crippen molar-refractivity contribution < 1.29 is 9.18 Å². The van der Waals surface area contributed by atoms with Crippen molar-refractivity contribution in [2.75, 3.05) is 36.4 Å². The van der Waals surface area contributed by atoms with Crippen molar-refractivity contribution >= 4 is 23.4 Å². The van der Waals surface area contributed by atoms with Crippen molar-refractivity contribution in [3.8, 4) is 0 Å². The standard InChI is InChI=1S/C22H30FN7O/c1-14-7-24-19(26-15-8-25-28(5)9-15)27-17(14)29-10-20(2)12-30(13-21(20,3)11-29)18(31)16-6-22(16,4)23/h7-9,16H,6,10-13H2,1-5H3,(H,24,26,27)/t16-,20-,21+,22?/m0/s1. The van der Waals surface area contributed by atoms with Gasteiger partial charge in [0.25, 0.3) is 0 Å². The van der Waals surface area contributed by atoms with E-state index in [1.54, 1.807) is 10.9 Å². The van der Waals surface area contributed by atoms with E-state index < -0.39 is 11.6 Å². The quantitative estimate of drug-likeness (QED) is 0.808. The van der Waals surface area contributed by atoms with Crippen LogP contribution in [0.25, 0.3) is 0 Å². The molecule has 3 fully saturated rings. The van der Waals surface area contributed by atoms with Crippen molar-refractivity contribution in [2.24, 2.45) is 23.8 Å². The van der Waals surface area contributed by atoms with Gasteiger partial charge >= 0.3 is 0 Å². The number of amides is 1. The van der Waals surface area contributed by atoms with Gasteiger partial charge < -0.3 is 15.1 Å². The normalized spacial score (nSPS) is 34.2. The number of aromatic nitrogens is 4. The van der Waals surface area contributed by atoms with Crippen molar-refractivity contribution in [3.05, 3.63) is 24.2 Å². The fraction of sp³-hybridized carbons (Fsp3) is 0.636. The Hall–Kier alpha value is -2.71. The highest BCUT2D eigenvalue weighted by Crippen LogP contribution is 2.55. The van der Waals surface area contributed by atoms with Crippen LogP contribution in [0, 0.1) is 23.7 Å². The minimum absolute atomic E-state index is 0.0189. The van der Waals surface area contributed by atoms with Crippen LogP contribution in [-0.4, -0.2) is 62.4 Å². The van der Waals surface area contributed by atoms with E-state index in [0.29, 0.717) is 25.5 Å². The maximum Gasteiger partial charge on any atom is 0.229 e. The molecule has 1 unspecified atom stereocenters. The summed E-state index contributed by atoms with van der Waals surface area (Å²) in [5, 5.41) is 7.38. The molecule has 2 aliphatic heterocycles. The highest BCUT2D eigenvalue weighted by Gasteiger charge is 2.63. The molecule has 166 valence electrons. The fourth-order valence-corrected chi connectivity index (χ4v) is 5.30. The Labute approximate surface area is 181 Å². The van der Waals surface area contributed by atoms with Gasteiger partial charge in [-0.05, 0) is 20.3 Å². The van der Waals surface area contributed by atoms with Crippen LogP contribution in [0.4, 0.5) is 21.8 Å². The van der Waals surface area contributed by atoms with Crippen molar-refractivity contribution in [1.82, 2.24) is 24.6 Å². The molecular formula is C22H30FN7O. The summed E-state index contributed by atoms with van der Waals surface area (Å²) in [6, 6.07) is 0. The smallest absolute Gasteiger partial charge is 0.229 e. The Kier molecular flexibility index (Phi) is 4.17. The lowest BCUT2D eigenvalue weighted by molar-refractivity contribution is -0.133. The lowest BCUT2D eigenvalue weighted by Gasteiger charge is -2.29. The number of carbonyl (C=O) groups is 1. The van der Waals surface area contributed by atoms with Crippen molar-refractivity contribution in [3.63, 3.8) is 0 Å².